The van der Waals surface area contributed by atoms with Gasteiger partial charge in [-0.3, -0.25) is 0 Å². The average Bonchev–Trinajstić information content (AvgIpc) is 3.02. The molecule has 0 saturated heterocycles. The molecular formula is C38H55F2NO. The SMILES string of the molecule is CCCCCCCCOc1ccc(-c2ccc(CCC(C#N)CC3CCC(CCCCCCC)CC3)cc2)c(F)c1F. The Labute approximate surface area is 255 Å². The molecule has 0 radical (unpaired) electrons. The molecule has 0 aromatic heterocycles. The van der Waals surface area contributed by atoms with Crippen LogP contribution in [0.4, 0.5) is 8.78 Å². The minimum absolute atomic E-state index is 0.0140. The fourth-order valence-corrected chi connectivity index (χ4v) is 6.55. The highest BCUT2D eigenvalue weighted by Crippen LogP contribution is 2.36. The van der Waals surface area contributed by atoms with Gasteiger partial charge >= 0.3 is 0 Å². The van der Waals surface area contributed by atoms with Crippen molar-refractivity contribution < 1.29 is 13.5 Å². The van der Waals surface area contributed by atoms with Crippen LogP contribution in [0.5, 0.6) is 5.75 Å². The molecule has 0 spiro atoms. The van der Waals surface area contributed by atoms with Crippen LogP contribution in [0.3, 0.4) is 0 Å². The fraction of sp³-hybridized carbons (Fsp3) is 0.658. The van der Waals surface area contributed by atoms with Crippen molar-refractivity contribution in [3.05, 3.63) is 53.6 Å². The van der Waals surface area contributed by atoms with Crippen LogP contribution >= 0.6 is 0 Å². The van der Waals surface area contributed by atoms with Crippen molar-refractivity contribution in [3.8, 4) is 22.9 Å². The number of rotatable bonds is 20. The molecule has 1 aliphatic rings. The Bertz CT molecular complexity index is 1050. The van der Waals surface area contributed by atoms with Crippen molar-refractivity contribution >= 4 is 0 Å². The highest BCUT2D eigenvalue weighted by Gasteiger charge is 2.24. The lowest BCUT2D eigenvalue weighted by atomic mass is 9.76. The third-order valence-corrected chi connectivity index (χ3v) is 9.33. The molecule has 0 bridgehead atoms. The Morgan fingerprint density at radius 2 is 1.38 bits per heavy atom. The lowest BCUT2D eigenvalue weighted by molar-refractivity contribution is 0.233. The van der Waals surface area contributed by atoms with Gasteiger partial charge in [0.25, 0.3) is 0 Å². The molecule has 2 aromatic carbocycles. The highest BCUT2D eigenvalue weighted by molar-refractivity contribution is 5.65. The fourth-order valence-electron chi connectivity index (χ4n) is 6.55. The second-order valence-electron chi connectivity index (χ2n) is 12.7. The van der Waals surface area contributed by atoms with Gasteiger partial charge in [-0.15, -0.1) is 0 Å². The molecule has 0 aliphatic heterocycles. The molecule has 232 valence electrons. The first-order valence-corrected chi connectivity index (χ1v) is 17.1. The molecule has 2 aromatic rings. The van der Waals surface area contributed by atoms with Gasteiger partial charge in [0.1, 0.15) is 0 Å². The average molecular weight is 580 g/mol. The normalized spacial score (nSPS) is 17.6. The van der Waals surface area contributed by atoms with Gasteiger partial charge in [0.05, 0.1) is 12.7 Å². The zero-order valence-electron chi connectivity index (χ0n) is 26.4. The number of hydrogen-bond donors (Lipinski definition) is 0. The summed E-state index contributed by atoms with van der Waals surface area (Å²) < 4.78 is 35.2. The minimum Gasteiger partial charge on any atom is -0.490 e. The maximum absolute atomic E-state index is 14.9. The van der Waals surface area contributed by atoms with E-state index in [0.717, 1.165) is 50.0 Å². The maximum Gasteiger partial charge on any atom is 0.201 e. The number of ether oxygens (including phenoxy) is 1. The van der Waals surface area contributed by atoms with Crippen LogP contribution < -0.4 is 4.74 Å². The van der Waals surface area contributed by atoms with E-state index in [-0.39, 0.29) is 17.2 Å². The molecule has 1 atom stereocenters. The zero-order chi connectivity index (χ0) is 30.0. The Morgan fingerprint density at radius 3 is 2.05 bits per heavy atom. The molecule has 1 fully saturated rings. The van der Waals surface area contributed by atoms with Crippen LogP contribution in [0, 0.1) is 40.7 Å². The van der Waals surface area contributed by atoms with Crippen LogP contribution in [-0.2, 0) is 6.42 Å². The van der Waals surface area contributed by atoms with Gasteiger partial charge in [0.2, 0.25) is 5.82 Å². The minimum atomic E-state index is -0.916. The van der Waals surface area contributed by atoms with Gasteiger partial charge in [-0.2, -0.15) is 9.65 Å². The first-order valence-electron chi connectivity index (χ1n) is 17.1. The van der Waals surface area contributed by atoms with E-state index >= 15 is 0 Å². The Balaban J connectivity index is 1.41. The van der Waals surface area contributed by atoms with Crippen molar-refractivity contribution in [1.29, 1.82) is 5.26 Å². The molecule has 0 heterocycles. The van der Waals surface area contributed by atoms with Gasteiger partial charge < -0.3 is 4.74 Å². The highest BCUT2D eigenvalue weighted by atomic mass is 19.2. The van der Waals surface area contributed by atoms with E-state index in [1.54, 1.807) is 6.07 Å². The van der Waals surface area contributed by atoms with E-state index in [1.165, 1.54) is 89.5 Å². The van der Waals surface area contributed by atoms with Crippen LogP contribution in [0.1, 0.15) is 135 Å². The van der Waals surface area contributed by atoms with Crippen LogP contribution in [-0.4, -0.2) is 6.61 Å². The second kappa shape index (κ2) is 19.7. The number of hydrogen-bond acceptors (Lipinski definition) is 2. The summed E-state index contributed by atoms with van der Waals surface area (Å²) in [7, 11) is 0. The van der Waals surface area contributed by atoms with Gasteiger partial charge in [-0.1, -0.05) is 134 Å². The topological polar surface area (TPSA) is 33.0 Å². The Kier molecular flexibility index (Phi) is 16.0. The number of unbranched alkanes of at least 4 members (excludes halogenated alkanes) is 9. The molecule has 42 heavy (non-hydrogen) atoms. The molecule has 0 amide bonds. The van der Waals surface area contributed by atoms with Gasteiger partial charge in [-0.05, 0) is 60.8 Å². The third-order valence-electron chi connectivity index (χ3n) is 9.33. The maximum atomic E-state index is 14.9. The van der Waals surface area contributed by atoms with Gasteiger partial charge in [0.15, 0.2) is 11.6 Å². The van der Waals surface area contributed by atoms with Crippen molar-refractivity contribution in [1.82, 2.24) is 0 Å². The molecule has 0 N–H and O–H groups in total. The van der Waals surface area contributed by atoms with Crippen molar-refractivity contribution in [2.24, 2.45) is 17.8 Å². The summed E-state index contributed by atoms with van der Waals surface area (Å²) in [6.45, 7) is 4.86. The van der Waals surface area contributed by atoms with Crippen molar-refractivity contribution in [3.63, 3.8) is 0 Å². The van der Waals surface area contributed by atoms with Gasteiger partial charge in [0, 0.05) is 11.5 Å². The summed E-state index contributed by atoms with van der Waals surface area (Å²) in [6.07, 6.45) is 22.8. The first-order chi connectivity index (χ1) is 20.5. The predicted octanol–water partition coefficient (Wildman–Crippen LogP) is 12.0. The molecular weight excluding hydrogens is 524 g/mol. The van der Waals surface area contributed by atoms with Crippen molar-refractivity contribution in [2.75, 3.05) is 6.61 Å². The van der Waals surface area contributed by atoms with E-state index in [4.69, 9.17) is 4.74 Å². The zero-order valence-corrected chi connectivity index (χ0v) is 26.4. The van der Waals surface area contributed by atoms with Crippen molar-refractivity contribution in [2.45, 2.75) is 136 Å². The Hall–Kier alpha value is -2.41. The largest absolute Gasteiger partial charge is 0.490 e. The number of nitriles is 1. The van der Waals surface area contributed by atoms with Crippen LogP contribution in [0.25, 0.3) is 11.1 Å². The lowest BCUT2D eigenvalue weighted by Gasteiger charge is -2.29. The van der Waals surface area contributed by atoms with E-state index in [1.807, 2.05) is 24.3 Å². The number of nitrogens with zero attached hydrogens (tertiary/aromatic N) is 1. The summed E-state index contributed by atoms with van der Waals surface area (Å²) in [5.41, 5.74) is 2.03. The first kappa shape index (κ1) is 34.1. The predicted molar refractivity (Wildman–Crippen MR) is 172 cm³/mol. The molecule has 1 unspecified atom stereocenters. The molecule has 4 heteroatoms. The summed E-state index contributed by atoms with van der Waals surface area (Å²) in [5.74, 6) is -0.131. The standard InChI is InChI=1S/C38H55F2NO/c1-3-5-7-9-11-13-27-42-36-26-25-35(37(39)38(36)40)34-23-21-31(22-24-34)17-20-33(29-41)28-32-18-15-30(16-19-32)14-12-10-8-6-4-2/h21-26,30,32-33H,3-20,27-28H2,1-2H3. The van der Waals surface area contributed by atoms with Crippen LogP contribution in [0.2, 0.25) is 0 Å². The summed E-state index contributed by atoms with van der Waals surface area (Å²) in [5, 5.41) is 9.82. The van der Waals surface area contributed by atoms with E-state index in [2.05, 4.69) is 19.9 Å². The summed E-state index contributed by atoms with van der Waals surface area (Å²) in [6, 6.07) is 13.4. The van der Waals surface area contributed by atoms with Crippen LogP contribution in [0.15, 0.2) is 36.4 Å². The molecule has 1 saturated carbocycles. The quantitative estimate of drug-likeness (QED) is 0.146. The summed E-state index contributed by atoms with van der Waals surface area (Å²) >= 11 is 0. The van der Waals surface area contributed by atoms with E-state index in [0.29, 0.717) is 18.1 Å². The number of aryl methyl sites for hydroxylation is 1. The number of benzene rings is 2. The molecule has 2 nitrogen and oxygen atoms in total. The summed E-state index contributed by atoms with van der Waals surface area (Å²) in [4.78, 5) is 0. The molecule has 3 rings (SSSR count). The van der Waals surface area contributed by atoms with E-state index < -0.39 is 11.6 Å². The lowest BCUT2D eigenvalue weighted by Crippen LogP contribution is -2.17. The van der Waals surface area contributed by atoms with E-state index in [9.17, 15) is 14.0 Å². The smallest absolute Gasteiger partial charge is 0.201 e. The third kappa shape index (κ3) is 11.7. The second-order valence-corrected chi connectivity index (χ2v) is 12.7. The number of halogens is 2. The van der Waals surface area contributed by atoms with Gasteiger partial charge in [-0.25, -0.2) is 4.39 Å². The Morgan fingerprint density at radius 1 is 0.762 bits per heavy atom. The molecule has 1 aliphatic carbocycles. The monoisotopic (exact) mass is 579 g/mol.